The molecule has 0 amide bonds. The van der Waals surface area contributed by atoms with Gasteiger partial charge in [-0.25, -0.2) is 9.78 Å². The van der Waals surface area contributed by atoms with Gasteiger partial charge in [0.1, 0.15) is 5.75 Å². The highest BCUT2D eigenvalue weighted by Gasteiger charge is 2.11. The number of hydrogen-bond acceptors (Lipinski definition) is 4. The van der Waals surface area contributed by atoms with Gasteiger partial charge >= 0.3 is 5.97 Å². The van der Waals surface area contributed by atoms with Crippen LogP contribution in [0.3, 0.4) is 0 Å². The molecular formula is C11H8BrNO2S. The second-order valence-corrected chi connectivity index (χ2v) is 5.08. The third-order valence-corrected chi connectivity index (χ3v) is 3.10. The fourth-order valence-electron chi connectivity index (χ4n) is 1.15. The largest absolute Gasteiger partial charge is 0.422 e. The van der Waals surface area contributed by atoms with Crippen molar-refractivity contribution >= 4 is 33.2 Å². The molecular weight excluding hydrogens is 290 g/mol. The summed E-state index contributed by atoms with van der Waals surface area (Å²) in [6, 6.07) is 7.13. The smallest absolute Gasteiger partial charge is 0.363 e. The third-order valence-electron chi connectivity index (χ3n) is 1.83. The number of rotatable bonds is 2. The van der Waals surface area contributed by atoms with Crippen LogP contribution in [0.2, 0.25) is 0 Å². The van der Waals surface area contributed by atoms with Crippen molar-refractivity contribution in [1.82, 2.24) is 4.98 Å². The number of hydrogen-bond donors (Lipinski definition) is 0. The highest BCUT2D eigenvalue weighted by molar-refractivity contribution is 9.10. The lowest BCUT2D eigenvalue weighted by Crippen LogP contribution is -2.08. The molecule has 2 aromatic rings. The molecule has 0 fully saturated rings. The lowest BCUT2D eigenvalue weighted by atomic mass is 10.3. The van der Waals surface area contributed by atoms with Crippen molar-refractivity contribution in [2.45, 2.75) is 6.92 Å². The van der Waals surface area contributed by atoms with Gasteiger partial charge in [0.25, 0.3) is 0 Å². The van der Waals surface area contributed by atoms with Crippen LogP contribution < -0.4 is 4.74 Å². The molecule has 0 unspecified atom stereocenters. The Morgan fingerprint density at radius 3 is 2.94 bits per heavy atom. The maximum atomic E-state index is 11.6. The summed E-state index contributed by atoms with van der Waals surface area (Å²) in [5.74, 6) is 0.0764. The topological polar surface area (TPSA) is 39.2 Å². The third kappa shape index (κ3) is 2.68. The number of thiazole rings is 1. The zero-order valence-corrected chi connectivity index (χ0v) is 10.8. The number of esters is 1. The first kappa shape index (κ1) is 11.3. The van der Waals surface area contributed by atoms with Gasteiger partial charge in [0, 0.05) is 9.85 Å². The molecule has 0 radical (unpaired) electrons. The Balaban J connectivity index is 2.13. The molecule has 16 heavy (non-hydrogen) atoms. The van der Waals surface area contributed by atoms with Crippen LogP contribution in [0.5, 0.6) is 5.75 Å². The van der Waals surface area contributed by atoms with E-state index < -0.39 is 5.97 Å². The van der Waals surface area contributed by atoms with Crippen molar-refractivity contribution in [3.05, 3.63) is 44.8 Å². The molecule has 82 valence electrons. The van der Waals surface area contributed by atoms with E-state index in [0.29, 0.717) is 11.4 Å². The molecule has 0 bridgehead atoms. The Morgan fingerprint density at radius 1 is 1.50 bits per heavy atom. The van der Waals surface area contributed by atoms with Crippen molar-refractivity contribution in [2.24, 2.45) is 0 Å². The van der Waals surface area contributed by atoms with Crippen molar-refractivity contribution in [2.75, 3.05) is 0 Å². The van der Waals surface area contributed by atoms with E-state index in [9.17, 15) is 4.79 Å². The Morgan fingerprint density at radius 2 is 2.31 bits per heavy atom. The summed E-state index contributed by atoms with van der Waals surface area (Å²) >= 11 is 4.73. The molecule has 0 aliphatic carbocycles. The van der Waals surface area contributed by atoms with Crippen molar-refractivity contribution in [3.8, 4) is 5.75 Å². The highest BCUT2D eigenvalue weighted by Crippen LogP contribution is 2.19. The average Bonchev–Trinajstić information content (AvgIpc) is 2.65. The molecule has 1 heterocycles. The zero-order chi connectivity index (χ0) is 11.5. The minimum atomic E-state index is -0.428. The first-order valence-electron chi connectivity index (χ1n) is 4.55. The van der Waals surface area contributed by atoms with Crippen LogP contribution in [-0.2, 0) is 0 Å². The van der Waals surface area contributed by atoms with E-state index in [0.717, 1.165) is 9.48 Å². The number of nitrogens with zero attached hydrogens (tertiary/aromatic N) is 1. The van der Waals surface area contributed by atoms with Crippen LogP contribution in [0, 0.1) is 6.92 Å². The van der Waals surface area contributed by atoms with Crippen LogP contribution in [0.25, 0.3) is 0 Å². The van der Waals surface area contributed by atoms with E-state index >= 15 is 0 Å². The average molecular weight is 298 g/mol. The number of halogens is 1. The van der Waals surface area contributed by atoms with Crippen LogP contribution in [-0.4, -0.2) is 11.0 Å². The monoisotopic (exact) mass is 297 g/mol. The van der Waals surface area contributed by atoms with Crippen LogP contribution >= 0.6 is 27.3 Å². The molecule has 1 aromatic heterocycles. The quantitative estimate of drug-likeness (QED) is 0.630. The SMILES string of the molecule is Cc1nc(C(=O)Oc2cccc(Br)c2)cs1. The Bertz CT molecular complexity index is 524. The summed E-state index contributed by atoms with van der Waals surface area (Å²) in [5.41, 5.74) is 0.350. The highest BCUT2D eigenvalue weighted by atomic mass is 79.9. The second kappa shape index (κ2) is 4.76. The number of carbonyl (C=O) groups is 1. The minimum absolute atomic E-state index is 0.350. The van der Waals surface area contributed by atoms with Crippen molar-refractivity contribution in [3.63, 3.8) is 0 Å². The fraction of sp³-hybridized carbons (Fsp3) is 0.0909. The number of ether oxygens (including phenoxy) is 1. The Labute approximate surface area is 105 Å². The molecule has 2 rings (SSSR count). The predicted octanol–water partition coefficient (Wildman–Crippen LogP) is 3.43. The summed E-state index contributed by atoms with van der Waals surface area (Å²) in [6.07, 6.45) is 0. The van der Waals surface area contributed by atoms with Gasteiger partial charge in [0.05, 0.1) is 5.01 Å². The lowest BCUT2D eigenvalue weighted by Gasteiger charge is -2.01. The molecule has 0 saturated heterocycles. The van der Waals surface area contributed by atoms with E-state index in [1.165, 1.54) is 11.3 Å². The molecule has 0 spiro atoms. The Kier molecular flexibility index (Phi) is 3.36. The molecule has 3 nitrogen and oxygen atoms in total. The first-order chi connectivity index (χ1) is 7.65. The van der Waals surface area contributed by atoms with Gasteiger partial charge in [0.15, 0.2) is 5.69 Å². The number of benzene rings is 1. The van der Waals surface area contributed by atoms with Gasteiger partial charge in [-0.3, -0.25) is 0 Å². The second-order valence-electron chi connectivity index (χ2n) is 3.10. The van der Waals surface area contributed by atoms with Gasteiger partial charge < -0.3 is 4.74 Å². The summed E-state index contributed by atoms with van der Waals surface area (Å²) in [4.78, 5) is 15.7. The molecule has 0 saturated carbocycles. The number of aryl methyl sites for hydroxylation is 1. The summed E-state index contributed by atoms with van der Waals surface area (Å²) < 4.78 is 6.04. The normalized spacial score (nSPS) is 10.1. The standard InChI is InChI=1S/C11H8BrNO2S/c1-7-13-10(6-16-7)11(14)15-9-4-2-3-8(12)5-9/h2-6H,1H3. The summed E-state index contributed by atoms with van der Waals surface area (Å²) in [7, 11) is 0. The van der Waals surface area contributed by atoms with E-state index in [-0.39, 0.29) is 0 Å². The van der Waals surface area contributed by atoms with E-state index in [2.05, 4.69) is 20.9 Å². The van der Waals surface area contributed by atoms with Crippen molar-refractivity contribution in [1.29, 1.82) is 0 Å². The molecule has 5 heteroatoms. The van der Waals surface area contributed by atoms with Crippen LogP contribution in [0.4, 0.5) is 0 Å². The number of aromatic nitrogens is 1. The van der Waals surface area contributed by atoms with Gasteiger partial charge in [-0.05, 0) is 25.1 Å². The first-order valence-corrected chi connectivity index (χ1v) is 6.22. The van der Waals surface area contributed by atoms with E-state index in [4.69, 9.17) is 4.74 Å². The summed E-state index contributed by atoms with van der Waals surface area (Å²) in [6.45, 7) is 1.85. The van der Waals surface area contributed by atoms with Gasteiger partial charge in [0.2, 0.25) is 0 Å². The predicted molar refractivity (Wildman–Crippen MR) is 66.0 cm³/mol. The zero-order valence-electron chi connectivity index (χ0n) is 8.44. The summed E-state index contributed by atoms with van der Waals surface area (Å²) in [5, 5.41) is 2.54. The van der Waals surface area contributed by atoms with Crippen LogP contribution in [0.1, 0.15) is 15.5 Å². The molecule has 0 aliphatic rings. The molecule has 0 aliphatic heterocycles. The van der Waals surface area contributed by atoms with Crippen molar-refractivity contribution < 1.29 is 9.53 Å². The fourth-order valence-corrected chi connectivity index (χ4v) is 2.11. The lowest BCUT2D eigenvalue weighted by molar-refractivity contribution is 0.0729. The maximum Gasteiger partial charge on any atom is 0.363 e. The Hall–Kier alpha value is -1.20. The van der Waals surface area contributed by atoms with Gasteiger partial charge in [-0.15, -0.1) is 11.3 Å². The van der Waals surface area contributed by atoms with Crippen LogP contribution in [0.15, 0.2) is 34.1 Å². The van der Waals surface area contributed by atoms with Gasteiger partial charge in [-0.2, -0.15) is 0 Å². The van der Waals surface area contributed by atoms with Gasteiger partial charge in [-0.1, -0.05) is 22.0 Å². The minimum Gasteiger partial charge on any atom is -0.422 e. The molecule has 1 aromatic carbocycles. The maximum absolute atomic E-state index is 11.6. The number of carbonyl (C=O) groups excluding carboxylic acids is 1. The van der Waals surface area contributed by atoms with E-state index in [1.54, 1.807) is 23.6 Å². The molecule has 0 N–H and O–H groups in total. The van der Waals surface area contributed by atoms with E-state index in [1.807, 2.05) is 13.0 Å². The molecule has 0 atom stereocenters.